The molecule has 27 heavy (non-hydrogen) atoms. The van der Waals surface area contributed by atoms with Gasteiger partial charge in [-0.25, -0.2) is 4.39 Å². The number of aliphatic imine (C=N–C) groups is 2. The Balaban J connectivity index is 1.77. The third kappa shape index (κ3) is 3.35. The van der Waals surface area contributed by atoms with Crippen molar-refractivity contribution in [1.29, 1.82) is 0 Å². The quantitative estimate of drug-likeness (QED) is 0.518. The molecule has 0 N–H and O–H groups in total. The molecule has 1 atom stereocenters. The maximum atomic E-state index is 13.3. The molecule has 0 saturated carbocycles. The maximum Gasteiger partial charge on any atom is 0.269 e. The molecule has 1 aromatic heterocycles. The molecule has 0 radical (unpaired) electrons. The molecule has 0 fully saturated rings. The summed E-state index contributed by atoms with van der Waals surface area (Å²) >= 11 is 0. The Morgan fingerprint density at radius 2 is 1.37 bits per heavy atom. The lowest BCUT2D eigenvalue weighted by Gasteiger charge is -2.05. The van der Waals surface area contributed by atoms with E-state index in [2.05, 4.69) is 4.98 Å². The molecule has 6 nitrogen and oxygen atoms in total. The summed E-state index contributed by atoms with van der Waals surface area (Å²) in [5.41, 5.74) is 3.66. The first kappa shape index (κ1) is 16.7. The third-order valence-electron chi connectivity index (χ3n) is 4.20. The average molecular weight is 360 g/mol. The van der Waals surface area contributed by atoms with Gasteiger partial charge in [0.1, 0.15) is 5.82 Å². The molecule has 0 aliphatic carbocycles. The highest BCUT2D eigenvalue weighted by atomic mass is 19.1. The summed E-state index contributed by atoms with van der Waals surface area (Å²) in [6, 6.07) is 15.9. The van der Waals surface area contributed by atoms with E-state index in [0.29, 0.717) is 11.4 Å². The number of rotatable bonds is 4. The van der Waals surface area contributed by atoms with Crippen molar-refractivity contribution in [2.75, 3.05) is 0 Å². The number of aromatic nitrogens is 1. The van der Waals surface area contributed by atoms with Crippen molar-refractivity contribution in [3.05, 3.63) is 106 Å². The second-order valence-electron chi connectivity index (χ2n) is 5.92. The Bertz CT molecular complexity index is 1050. The van der Waals surface area contributed by atoms with Crippen LogP contribution in [-0.4, -0.2) is 21.3 Å². The Hall–Kier alpha value is -3.74. The second-order valence-corrected chi connectivity index (χ2v) is 5.92. The molecule has 2 aromatic carbocycles. The lowest BCUT2D eigenvalue weighted by Crippen LogP contribution is -2.14. The van der Waals surface area contributed by atoms with E-state index in [9.17, 15) is 14.5 Å². The Labute approximate surface area is 153 Å². The van der Waals surface area contributed by atoms with Crippen molar-refractivity contribution in [2.45, 2.75) is 6.17 Å². The van der Waals surface area contributed by atoms with E-state index in [1.54, 1.807) is 36.7 Å². The summed E-state index contributed by atoms with van der Waals surface area (Å²) in [5.74, 6) is -0.327. The largest absolute Gasteiger partial charge is 0.269 e. The Kier molecular flexibility index (Phi) is 4.25. The number of halogens is 1. The highest BCUT2D eigenvalue weighted by molar-refractivity contribution is 6.54. The minimum absolute atomic E-state index is 0.0119. The first-order chi connectivity index (χ1) is 13.1. The first-order valence-electron chi connectivity index (χ1n) is 8.18. The number of nitro groups is 1. The molecule has 132 valence electrons. The van der Waals surface area contributed by atoms with Crippen molar-refractivity contribution < 1.29 is 9.31 Å². The lowest BCUT2D eigenvalue weighted by atomic mass is 10.0. The van der Waals surface area contributed by atoms with Crippen LogP contribution in [-0.2, 0) is 0 Å². The van der Waals surface area contributed by atoms with Crippen molar-refractivity contribution >= 4 is 17.1 Å². The first-order valence-corrected chi connectivity index (χ1v) is 8.18. The Morgan fingerprint density at radius 3 is 1.93 bits per heavy atom. The number of nitro benzene ring substituents is 1. The maximum absolute atomic E-state index is 13.3. The minimum atomic E-state index is -0.519. The minimum Gasteiger partial charge on any atom is -0.265 e. The zero-order valence-electron chi connectivity index (χ0n) is 14.0. The van der Waals surface area contributed by atoms with Gasteiger partial charge in [-0.2, -0.15) is 0 Å². The monoisotopic (exact) mass is 360 g/mol. The van der Waals surface area contributed by atoms with Gasteiger partial charge >= 0.3 is 0 Å². The van der Waals surface area contributed by atoms with E-state index in [1.807, 2.05) is 12.1 Å². The van der Waals surface area contributed by atoms with Crippen LogP contribution in [0.3, 0.4) is 0 Å². The molecule has 1 aliphatic heterocycles. The molecule has 1 unspecified atom stereocenters. The van der Waals surface area contributed by atoms with Gasteiger partial charge in [0.25, 0.3) is 5.69 Å². The second kappa shape index (κ2) is 6.87. The van der Waals surface area contributed by atoms with Crippen LogP contribution in [0.1, 0.15) is 22.9 Å². The van der Waals surface area contributed by atoms with Crippen LogP contribution < -0.4 is 0 Å². The number of hydrogen-bond donors (Lipinski definition) is 0. The fraction of sp³-hybridized carbons (Fsp3) is 0.0500. The number of nitrogens with zero attached hydrogens (tertiary/aromatic N) is 4. The van der Waals surface area contributed by atoms with Gasteiger partial charge in [0.2, 0.25) is 0 Å². The highest BCUT2D eigenvalue weighted by Gasteiger charge is 2.25. The van der Waals surface area contributed by atoms with E-state index in [0.717, 1.165) is 16.7 Å². The van der Waals surface area contributed by atoms with Crippen LogP contribution in [0.25, 0.3) is 0 Å². The Morgan fingerprint density at radius 1 is 0.815 bits per heavy atom. The van der Waals surface area contributed by atoms with Gasteiger partial charge in [-0.15, -0.1) is 0 Å². The standard InChI is InChI=1S/C20H13FN4O2/c21-16-5-1-13(2-6-16)18-19(14-9-11-22-12-10-14)24-20(23-18)15-3-7-17(8-4-15)25(26)27/h1-12,20H. The number of benzene rings is 2. The summed E-state index contributed by atoms with van der Waals surface area (Å²) in [5, 5.41) is 10.8. The fourth-order valence-corrected chi connectivity index (χ4v) is 2.85. The number of non-ortho nitro benzene ring substituents is 1. The lowest BCUT2D eigenvalue weighted by molar-refractivity contribution is -0.384. The van der Waals surface area contributed by atoms with Gasteiger partial charge in [-0.1, -0.05) is 0 Å². The van der Waals surface area contributed by atoms with E-state index >= 15 is 0 Å². The van der Waals surface area contributed by atoms with Crippen LogP contribution in [0.4, 0.5) is 10.1 Å². The summed E-state index contributed by atoms with van der Waals surface area (Å²) in [4.78, 5) is 23.8. The molecule has 3 aromatic rings. The highest BCUT2D eigenvalue weighted by Crippen LogP contribution is 2.29. The predicted molar refractivity (Wildman–Crippen MR) is 99.5 cm³/mol. The molecule has 0 bridgehead atoms. The van der Waals surface area contributed by atoms with Crippen LogP contribution in [0.15, 0.2) is 83.0 Å². The molecule has 1 aliphatic rings. The average Bonchev–Trinajstić information content (AvgIpc) is 3.15. The zero-order chi connectivity index (χ0) is 18.8. The third-order valence-corrected chi connectivity index (χ3v) is 4.20. The van der Waals surface area contributed by atoms with Crippen molar-refractivity contribution in [1.82, 2.24) is 4.98 Å². The van der Waals surface area contributed by atoms with Crippen LogP contribution in [0.2, 0.25) is 0 Å². The predicted octanol–water partition coefficient (Wildman–Crippen LogP) is 4.12. The normalized spacial score (nSPS) is 16.0. The number of hydrogen-bond acceptors (Lipinski definition) is 5. The summed E-state index contributed by atoms with van der Waals surface area (Å²) in [6.45, 7) is 0. The topological polar surface area (TPSA) is 80.8 Å². The van der Waals surface area contributed by atoms with Crippen molar-refractivity contribution in [3.63, 3.8) is 0 Å². The van der Waals surface area contributed by atoms with E-state index < -0.39 is 11.1 Å². The SMILES string of the molecule is O=[N+]([O-])c1ccc(C2N=C(c3ccncc3)C(c3ccc(F)cc3)=N2)cc1. The zero-order valence-corrected chi connectivity index (χ0v) is 14.0. The molecule has 4 rings (SSSR count). The number of pyridine rings is 1. The summed E-state index contributed by atoms with van der Waals surface area (Å²) in [7, 11) is 0. The van der Waals surface area contributed by atoms with Gasteiger partial charge in [0.15, 0.2) is 6.17 Å². The fourth-order valence-electron chi connectivity index (χ4n) is 2.85. The molecule has 2 heterocycles. The van der Waals surface area contributed by atoms with Gasteiger partial charge in [0, 0.05) is 35.7 Å². The van der Waals surface area contributed by atoms with Gasteiger partial charge < -0.3 is 0 Å². The summed E-state index contributed by atoms with van der Waals surface area (Å²) in [6.07, 6.45) is 2.81. The molecular weight excluding hydrogens is 347 g/mol. The van der Waals surface area contributed by atoms with Crippen molar-refractivity contribution in [2.24, 2.45) is 9.98 Å². The van der Waals surface area contributed by atoms with E-state index in [1.165, 1.54) is 24.3 Å². The van der Waals surface area contributed by atoms with Gasteiger partial charge in [-0.3, -0.25) is 25.1 Å². The summed E-state index contributed by atoms with van der Waals surface area (Å²) < 4.78 is 13.3. The smallest absolute Gasteiger partial charge is 0.265 e. The van der Waals surface area contributed by atoms with Crippen molar-refractivity contribution in [3.8, 4) is 0 Å². The van der Waals surface area contributed by atoms with Crippen LogP contribution >= 0.6 is 0 Å². The van der Waals surface area contributed by atoms with Crippen LogP contribution in [0, 0.1) is 15.9 Å². The molecular formula is C20H13FN4O2. The van der Waals surface area contributed by atoms with Gasteiger partial charge in [0.05, 0.1) is 16.3 Å². The van der Waals surface area contributed by atoms with E-state index in [-0.39, 0.29) is 11.5 Å². The molecule has 0 amide bonds. The molecule has 0 saturated heterocycles. The molecule has 0 spiro atoms. The van der Waals surface area contributed by atoms with Gasteiger partial charge in [-0.05, 0) is 54.1 Å². The van der Waals surface area contributed by atoms with E-state index in [4.69, 9.17) is 9.98 Å². The van der Waals surface area contributed by atoms with Crippen LogP contribution in [0.5, 0.6) is 0 Å². The molecule has 7 heteroatoms.